The number of halogens is 1. The number of carbonyl (C=O) groups excluding carboxylic acids is 1. The minimum absolute atomic E-state index is 0.104. The largest absolute Gasteiger partial charge is 0.334 e. The minimum atomic E-state index is -0.161. The second-order valence-corrected chi connectivity index (χ2v) is 6.88. The van der Waals surface area contributed by atoms with Gasteiger partial charge in [-0.2, -0.15) is 0 Å². The quantitative estimate of drug-likeness (QED) is 0.718. The highest BCUT2D eigenvalue weighted by atomic mass is 35.5. The molecule has 1 amide bonds. The molecule has 134 valence electrons. The molecule has 3 aromatic rings. The van der Waals surface area contributed by atoms with Crippen LogP contribution in [0.1, 0.15) is 34.8 Å². The van der Waals surface area contributed by atoms with Gasteiger partial charge in [-0.3, -0.25) is 9.59 Å². The molecule has 0 spiro atoms. The van der Waals surface area contributed by atoms with Crippen molar-refractivity contribution in [1.82, 2.24) is 9.88 Å². The van der Waals surface area contributed by atoms with Crippen LogP contribution in [-0.2, 0) is 6.54 Å². The topological polar surface area (TPSA) is 53.2 Å². The molecule has 0 fully saturated rings. The van der Waals surface area contributed by atoms with E-state index >= 15 is 0 Å². The molecule has 0 aliphatic carbocycles. The van der Waals surface area contributed by atoms with Gasteiger partial charge >= 0.3 is 0 Å². The van der Waals surface area contributed by atoms with Gasteiger partial charge in [0.2, 0.25) is 0 Å². The van der Waals surface area contributed by atoms with Crippen LogP contribution in [0.15, 0.2) is 53.3 Å². The molecule has 5 heteroatoms. The number of nitrogens with zero attached hydrogens (tertiary/aromatic N) is 1. The summed E-state index contributed by atoms with van der Waals surface area (Å²) in [6, 6.07) is 14.6. The monoisotopic (exact) mass is 368 g/mol. The molecule has 0 bridgehead atoms. The summed E-state index contributed by atoms with van der Waals surface area (Å²) in [5.74, 6) is -0.104. The maximum Gasteiger partial charge on any atom is 0.254 e. The summed E-state index contributed by atoms with van der Waals surface area (Å²) in [7, 11) is 0. The van der Waals surface area contributed by atoms with E-state index in [0.717, 1.165) is 22.9 Å². The van der Waals surface area contributed by atoms with Crippen LogP contribution in [0.3, 0.4) is 0 Å². The first-order chi connectivity index (χ1) is 12.5. The van der Waals surface area contributed by atoms with Crippen molar-refractivity contribution in [2.45, 2.75) is 26.8 Å². The Balaban J connectivity index is 1.93. The van der Waals surface area contributed by atoms with Crippen molar-refractivity contribution < 1.29 is 4.79 Å². The number of nitrogens with one attached hydrogen (secondary N) is 1. The second-order valence-electron chi connectivity index (χ2n) is 6.45. The zero-order valence-corrected chi connectivity index (χ0v) is 15.6. The number of rotatable bonds is 5. The molecule has 1 heterocycles. The van der Waals surface area contributed by atoms with E-state index in [1.54, 1.807) is 29.2 Å². The third-order valence-corrected chi connectivity index (χ3v) is 4.56. The van der Waals surface area contributed by atoms with Crippen molar-refractivity contribution in [3.63, 3.8) is 0 Å². The molecule has 0 radical (unpaired) electrons. The van der Waals surface area contributed by atoms with Crippen molar-refractivity contribution >= 4 is 28.4 Å². The highest BCUT2D eigenvalue weighted by Crippen LogP contribution is 2.16. The fourth-order valence-electron chi connectivity index (χ4n) is 2.99. The van der Waals surface area contributed by atoms with Gasteiger partial charge in [0.05, 0.1) is 6.54 Å². The third kappa shape index (κ3) is 3.97. The Bertz CT molecular complexity index is 993. The third-order valence-electron chi connectivity index (χ3n) is 4.31. The fourth-order valence-corrected chi connectivity index (χ4v) is 3.12. The molecule has 0 aliphatic rings. The molecule has 2 aromatic carbocycles. The van der Waals surface area contributed by atoms with Crippen molar-refractivity contribution in [2.24, 2.45) is 0 Å². The summed E-state index contributed by atoms with van der Waals surface area (Å²) in [6.45, 7) is 4.87. The van der Waals surface area contributed by atoms with Crippen LogP contribution in [0.25, 0.3) is 10.9 Å². The summed E-state index contributed by atoms with van der Waals surface area (Å²) in [6.07, 6.45) is 0.809. The number of hydrogen-bond donors (Lipinski definition) is 1. The molecule has 0 saturated heterocycles. The molecule has 0 aliphatic heterocycles. The standard InChI is InChI=1S/C21H21ClN2O2/c1-3-10-24(21(26)15-5-7-18(22)8-6-15)13-17-12-16-11-14(2)4-9-19(16)23-20(17)25/h4-9,11-12H,3,10,13H2,1-2H3,(H,23,25). The van der Waals surface area contributed by atoms with Crippen LogP contribution in [0.4, 0.5) is 0 Å². The van der Waals surface area contributed by atoms with E-state index < -0.39 is 0 Å². The number of H-pyrrole nitrogens is 1. The second kappa shape index (κ2) is 7.75. The van der Waals surface area contributed by atoms with E-state index in [-0.39, 0.29) is 18.0 Å². The van der Waals surface area contributed by atoms with Crippen molar-refractivity contribution in [1.29, 1.82) is 0 Å². The molecule has 1 N–H and O–H groups in total. The maximum absolute atomic E-state index is 12.9. The zero-order chi connectivity index (χ0) is 18.7. The first-order valence-corrected chi connectivity index (χ1v) is 9.03. The van der Waals surface area contributed by atoms with E-state index in [2.05, 4.69) is 4.98 Å². The van der Waals surface area contributed by atoms with E-state index in [9.17, 15) is 9.59 Å². The maximum atomic E-state index is 12.9. The number of carbonyl (C=O) groups is 1. The van der Waals surface area contributed by atoms with Crippen molar-refractivity contribution in [3.05, 3.63) is 80.6 Å². The first-order valence-electron chi connectivity index (χ1n) is 8.65. The number of benzene rings is 2. The number of hydrogen-bond acceptors (Lipinski definition) is 2. The summed E-state index contributed by atoms with van der Waals surface area (Å²) in [5, 5.41) is 1.56. The summed E-state index contributed by atoms with van der Waals surface area (Å²) >= 11 is 5.91. The van der Waals surface area contributed by atoms with E-state index in [1.807, 2.05) is 38.1 Å². The van der Waals surface area contributed by atoms with Gasteiger partial charge in [0.15, 0.2) is 0 Å². The van der Waals surface area contributed by atoms with Gasteiger partial charge in [-0.15, -0.1) is 0 Å². The van der Waals surface area contributed by atoms with E-state index in [4.69, 9.17) is 11.6 Å². The minimum Gasteiger partial charge on any atom is -0.334 e. The smallest absolute Gasteiger partial charge is 0.254 e. The highest BCUT2D eigenvalue weighted by Gasteiger charge is 2.17. The van der Waals surface area contributed by atoms with Crippen molar-refractivity contribution in [3.8, 4) is 0 Å². The molecular weight excluding hydrogens is 348 g/mol. The Morgan fingerprint density at radius 3 is 2.54 bits per heavy atom. The lowest BCUT2D eigenvalue weighted by molar-refractivity contribution is 0.0742. The Hall–Kier alpha value is -2.59. The number of aryl methyl sites for hydroxylation is 1. The van der Waals surface area contributed by atoms with Gasteiger partial charge in [0.25, 0.3) is 11.5 Å². The number of aromatic nitrogens is 1. The molecule has 1 aromatic heterocycles. The Kier molecular flexibility index (Phi) is 5.43. The van der Waals surface area contributed by atoms with Crippen LogP contribution >= 0.6 is 11.6 Å². The molecular formula is C21H21ClN2O2. The summed E-state index contributed by atoms with van der Waals surface area (Å²) < 4.78 is 0. The summed E-state index contributed by atoms with van der Waals surface area (Å²) in [4.78, 5) is 29.9. The van der Waals surface area contributed by atoms with Crippen LogP contribution < -0.4 is 5.56 Å². The SMILES string of the molecule is CCCN(Cc1cc2cc(C)ccc2[nH]c1=O)C(=O)c1ccc(Cl)cc1. The van der Waals surface area contributed by atoms with Crippen LogP contribution in [0.2, 0.25) is 5.02 Å². The van der Waals surface area contributed by atoms with Gasteiger partial charge in [-0.05, 0) is 61.2 Å². The van der Waals surface area contributed by atoms with Gasteiger partial charge in [0, 0.05) is 28.2 Å². The fraction of sp³-hybridized carbons (Fsp3) is 0.238. The molecule has 0 atom stereocenters. The van der Waals surface area contributed by atoms with Crippen molar-refractivity contribution in [2.75, 3.05) is 6.54 Å². The molecule has 0 unspecified atom stereocenters. The molecule has 26 heavy (non-hydrogen) atoms. The summed E-state index contributed by atoms with van der Waals surface area (Å²) in [5.41, 5.74) is 2.91. The predicted octanol–water partition coefficient (Wildman–Crippen LogP) is 4.54. The van der Waals surface area contributed by atoms with Gasteiger partial charge < -0.3 is 9.88 Å². The lowest BCUT2D eigenvalue weighted by atomic mass is 10.1. The lowest BCUT2D eigenvalue weighted by Gasteiger charge is -2.22. The normalized spacial score (nSPS) is 10.9. The van der Waals surface area contributed by atoms with Crippen LogP contribution in [0, 0.1) is 6.92 Å². The predicted molar refractivity (Wildman–Crippen MR) is 106 cm³/mol. The number of fused-ring (bicyclic) bond motifs is 1. The van der Waals surface area contributed by atoms with E-state index in [1.165, 1.54) is 0 Å². The number of amides is 1. The highest BCUT2D eigenvalue weighted by molar-refractivity contribution is 6.30. The Labute approximate surface area is 157 Å². The lowest BCUT2D eigenvalue weighted by Crippen LogP contribution is -2.33. The first kappa shape index (κ1) is 18.2. The number of aromatic amines is 1. The zero-order valence-electron chi connectivity index (χ0n) is 14.9. The van der Waals surface area contributed by atoms with Crippen LogP contribution in [0.5, 0.6) is 0 Å². The molecule has 0 saturated carbocycles. The van der Waals surface area contributed by atoms with Gasteiger partial charge in [0.1, 0.15) is 0 Å². The molecule has 4 nitrogen and oxygen atoms in total. The average Bonchev–Trinajstić information content (AvgIpc) is 2.62. The Morgan fingerprint density at radius 2 is 1.85 bits per heavy atom. The van der Waals surface area contributed by atoms with E-state index in [0.29, 0.717) is 22.7 Å². The van der Waals surface area contributed by atoms with Crippen LogP contribution in [-0.4, -0.2) is 22.3 Å². The average molecular weight is 369 g/mol. The number of pyridine rings is 1. The van der Waals surface area contributed by atoms with Gasteiger partial charge in [-0.25, -0.2) is 0 Å². The van der Waals surface area contributed by atoms with Gasteiger partial charge in [-0.1, -0.05) is 30.2 Å². The molecule has 3 rings (SSSR count). The Morgan fingerprint density at radius 1 is 1.12 bits per heavy atom.